The zero-order valence-corrected chi connectivity index (χ0v) is 9.80. The second-order valence-electron chi connectivity index (χ2n) is 4.53. The van der Waals surface area contributed by atoms with E-state index in [4.69, 9.17) is 5.73 Å². The van der Waals surface area contributed by atoms with Crippen LogP contribution in [0.4, 0.5) is 0 Å². The lowest BCUT2D eigenvalue weighted by molar-refractivity contribution is -0.122. The van der Waals surface area contributed by atoms with Crippen molar-refractivity contribution in [1.29, 1.82) is 0 Å². The zero-order valence-electron chi connectivity index (χ0n) is 9.80. The highest BCUT2D eigenvalue weighted by molar-refractivity contribution is 5.80. The third-order valence-corrected chi connectivity index (χ3v) is 3.28. The lowest BCUT2D eigenvalue weighted by atomic mass is 10.0. The molecule has 92 valence electrons. The van der Waals surface area contributed by atoms with Gasteiger partial charge >= 0.3 is 0 Å². The van der Waals surface area contributed by atoms with Crippen molar-refractivity contribution >= 4 is 5.91 Å². The van der Waals surface area contributed by atoms with E-state index in [0.29, 0.717) is 6.42 Å². The summed E-state index contributed by atoms with van der Waals surface area (Å²) >= 11 is 0. The molecule has 0 saturated carbocycles. The fourth-order valence-corrected chi connectivity index (χ4v) is 2.32. The third-order valence-electron chi connectivity index (χ3n) is 3.28. The number of carbonyl (C=O) groups is 1. The summed E-state index contributed by atoms with van der Waals surface area (Å²) in [6, 6.07) is 6.72. The van der Waals surface area contributed by atoms with Gasteiger partial charge < -0.3 is 10.8 Å². The Hall–Kier alpha value is -1.55. The highest BCUT2D eigenvalue weighted by Gasteiger charge is 2.26. The number of carbonyl (C=O) groups excluding carboxylic acids is 1. The van der Waals surface area contributed by atoms with Gasteiger partial charge in [-0.25, -0.2) is 0 Å². The number of benzene rings is 1. The molecule has 3 N–H and O–H groups in total. The number of hydrogen-bond acceptors (Lipinski definition) is 3. The van der Waals surface area contributed by atoms with Crippen LogP contribution in [0.1, 0.15) is 18.4 Å². The highest BCUT2D eigenvalue weighted by Crippen LogP contribution is 2.17. The molecule has 1 unspecified atom stereocenters. The first-order valence-corrected chi connectivity index (χ1v) is 5.98. The van der Waals surface area contributed by atoms with Gasteiger partial charge in [-0.2, -0.15) is 0 Å². The first-order valence-electron chi connectivity index (χ1n) is 5.98. The lowest BCUT2D eigenvalue weighted by Gasteiger charge is -2.24. The summed E-state index contributed by atoms with van der Waals surface area (Å²) < 4.78 is 0. The van der Waals surface area contributed by atoms with E-state index in [2.05, 4.69) is 4.90 Å². The molecule has 4 heteroatoms. The van der Waals surface area contributed by atoms with E-state index in [9.17, 15) is 9.90 Å². The van der Waals surface area contributed by atoms with Crippen LogP contribution in [0, 0.1) is 0 Å². The quantitative estimate of drug-likeness (QED) is 0.813. The molecule has 17 heavy (non-hydrogen) atoms. The molecule has 1 aliphatic rings. The molecular formula is C13H18N2O2. The highest BCUT2D eigenvalue weighted by atomic mass is 16.3. The van der Waals surface area contributed by atoms with E-state index >= 15 is 0 Å². The number of primary amides is 1. The summed E-state index contributed by atoms with van der Waals surface area (Å²) in [5, 5.41) is 9.21. The van der Waals surface area contributed by atoms with E-state index in [1.807, 2.05) is 12.1 Å². The summed E-state index contributed by atoms with van der Waals surface area (Å²) in [4.78, 5) is 13.6. The number of phenols is 1. The fraction of sp³-hybridized carbons (Fsp3) is 0.462. The zero-order chi connectivity index (χ0) is 12.3. The molecule has 1 saturated heterocycles. The van der Waals surface area contributed by atoms with Crippen molar-refractivity contribution in [1.82, 2.24) is 4.90 Å². The number of hydrogen-bond donors (Lipinski definition) is 2. The van der Waals surface area contributed by atoms with Crippen LogP contribution in [-0.4, -0.2) is 35.0 Å². The molecule has 4 nitrogen and oxygen atoms in total. The van der Waals surface area contributed by atoms with Crippen LogP contribution in [0.25, 0.3) is 0 Å². The van der Waals surface area contributed by atoms with Crippen LogP contribution < -0.4 is 5.73 Å². The SMILES string of the molecule is NC(=O)C(Cc1ccc(O)cc1)N1CCCC1. The Morgan fingerprint density at radius 3 is 2.41 bits per heavy atom. The molecule has 0 spiro atoms. The minimum absolute atomic E-state index is 0.220. The van der Waals surface area contributed by atoms with Crippen molar-refractivity contribution in [2.75, 3.05) is 13.1 Å². The summed E-state index contributed by atoms with van der Waals surface area (Å²) in [7, 11) is 0. The van der Waals surface area contributed by atoms with Crippen LogP contribution in [0.2, 0.25) is 0 Å². The molecule has 1 aromatic carbocycles. The van der Waals surface area contributed by atoms with Gasteiger partial charge in [-0.3, -0.25) is 9.69 Å². The average molecular weight is 234 g/mol. The first kappa shape index (κ1) is 11.9. The first-order chi connectivity index (χ1) is 8.16. The van der Waals surface area contributed by atoms with Crippen molar-refractivity contribution in [3.63, 3.8) is 0 Å². The standard InChI is InChI=1S/C13H18N2O2/c14-13(17)12(15-7-1-2-8-15)9-10-3-5-11(16)6-4-10/h3-6,12,16H,1-2,7-9H2,(H2,14,17). The Kier molecular flexibility index (Phi) is 3.64. The largest absolute Gasteiger partial charge is 0.508 e. The van der Waals surface area contributed by atoms with Crippen LogP contribution in [0.3, 0.4) is 0 Å². The van der Waals surface area contributed by atoms with Crippen molar-refractivity contribution in [2.45, 2.75) is 25.3 Å². The van der Waals surface area contributed by atoms with E-state index in [-0.39, 0.29) is 17.7 Å². The molecule has 1 fully saturated rings. The van der Waals surface area contributed by atoms with E-state index < -0.39 is 0 Å². The number of likely N-dealkylation sites (tertiary alicyclic amines) is 1. The monoisotopic (exact) mass is 234 g/mol. The molecular weight excluding hydrogens is 216 g/mol. The van der Waals surface area contributed by atoms with Gasteiger partial charge in [0.15, 0.2) is 0 Å². The second kappa shape index (κ2) is 5.19. The predicted molar refractivity (Wildman–Crippen MR) is 65.6 cm³/mol. The number of aromatic hydroxyl groups is 1. The van der Waals surface area contributed by atoms with Gasteiger partial charge in [0.25, 0.3) is 0 Å². The molecule has 1 heterocycles. The Bertz CT molecular complexity index is 383. The Morgan fingerprint density at radius 1 is 1.29 bits per heavy atom. The van der Waals surface area contributed by atoms with Crippen LogP contribution in [0.15, 0.2) is 24.3 Å². The van der Waals surface area contributed by atoms with Crippen molar-refractivity contribution < 1.29 is 9.90 Å². The number of amides is 1. The van der Waals surface area contributed by atoms with E-state index in [1.54, 1.807) is 12.1 Å². The average Bonchev–Trinajstić information content (AvgIpc) is 2.81. The van der Waals surface area contributed by atoms with Gasteiger partial charge in [-0.15, -0.1) is 0 Å². The van der Waals surface area contributed by atoms with Crippen LogP contribution in [0.5, 0.6) is 5.75 Å². The summed E-state index contributed by atoms with van der Waals surface area (Å²) in [5.41, 5.74) is 6.49. The Balaban J connectivity index is 2.06. The van der Waals surface area contributed by atoms with Gasteiger partial charge in [-0.1, -0.05) is 12.1 Å². The maximum Gasteiger partial charge on any atom is 0.235 e. The minimum Gasteiger partial charge on any atom is -0.508 e. The predicted octanol–water partition coefficient (Wildman–Crippen LogP) is 0.884. The molecule has 0 aromatic heterocycles. The van der Waals surface area contributed by atoms with Crippen LogP contribution in [-0.2, 0) is 11.2 Å². The number of nitrogens with zero attached hydrogens (tertiary/aromatic N) is 1. The van der Waals surface area contributed by atoms with Crippen molar-refractivity contribution in [3.05, 3.63) is 29.8 Å². The van der Waals surface area contributed by atoms with Crippen molar-refractivity contribution in [3.8, 4) is 5.75 Å². The summed E-state index contributed by atoms with van der Waals surface area (Å²) in [6.07, 6.45) is 2.90. The minimum atomic E-state index is -0.264. The van der Waals surface area contributed by atoms with Gasteiger partial charge in [0, 0.05) is 0 Å². The molecule has 1 amide bonds. The molecule has 0 bridgehead atoms. The third kappa shape index (κ3) is 2.97. The number of phenolic OH excluding ortho intramolecular Hbond substituents is 1. The van der Waals surface area contributed by atoms with Gasteiger partial charge in [0.1, 0.15) is 5.75 Å². The molecule has 0 radical (unpaired) electrons. The number of nitrogens with two attached hydrogens (primary N) is 1. The summed E-state index contributed by atoms with van der Waals surface area (Å²) in [6.45, 7) is 1.90. The number of rotatable bonds is 4. The maximum atomic E-state index is 11.5. The van der Waals surface area contributed by atoms with Gasteiger partial charge in [-0.05, 0) is 50.0 Å². The lowest BCUT2D eigenvalue weighted by Crippen LogP contribution is -2.44. The Labute approximate surface area is 101 Å². The molecule has 0 aliphatic carbocycles. The van der Waals surface area contributed by atoms with Crippen molar-refractivity contribution in [2.24, 2.45) is 5.73 Å². The molecule has 1 aliphatic heterocycles. The molecule has 1 atom stereocenters. The van der Waals surface area contributed by atoms with Gasteiger partial charge in [0.05, 0.1) is 6.04 Å². The van der Waals surface area contributed by atoms with Crippen LogP contribution >= 0.6 is 0 Å². The smallest absolute Gasteiger partial charge is 0.235 e. The van der Waals surface area contributed by atoms with E-state index in [0.717, 1.165) is 31.5 Å². The second-order valence-corrected chi connectivity index (χ2v) is 4.53. The summed E-state index contributed by atoms with van der Waals surface area (Å²) in [5.74, 6) is -0.0227. The normalized spacial score (nSPS) is 18.1. The fourth-order valence-electron chi connectivity index (χ4n) is 2.32. The Morgan fingerprint density at radius 2 is 1.88 bits per heavy atom. The molecule has 1 aromatic rings. The molecule has 2 rings (SSSR count). The maximum absolute atomic E-state index is 11.5. The van der Waals surface area contributed by atoms with Gasteiger partial charge in [0.2, 0.25) is 5.91 Å². The van der Waals surface area contributed by atoms with E-state index in [1.165, 1.54) is 0 Å². The topological polar surface area (TPSA) is 66.6 Å².